The lowest BCUT2D eigenvalue weighted by molar-refractivity contribution is 0.625. The molecule has 0 aromatic heterocycles. The van der Waals surface area contributed by atoms with Gasteiger partial charge in [0.25, 0.3) is 0 Å². The van der Waals surface area contributed by atoms with Gasteiger partial charge < -0.3 is 5.73 Å². The van der Waals surface area contributed by atoms with Crippen molar-refractivity contribution in [2.45, 2.75) is 12.5 Å². The molecule has 1 aromatic carbocycles. The molecule has 0 fully saturated rings. The molecule has 2 nitrogen and oxygen atoms in total. The van der Waals surface area contributed by atoms with Gasteiger partial charge in [-0.3, -0.25) is 0 Å². The van der Waals surface area contributed by atoms with Crippen LogP contribution in [-0.2, 0) is 0 Å². The van der Waals surface area contributed by atoms with E-state index < -0.39 is 11.9 Å². The molecule has 0 saturated heterocycles. The molecule has 0 bridgehead atoms. The Hall–Kier alpha value is -1.11. The first-order valence-corrected chi connectivity index (χ1v) is 4.10. The molecule has 0 unspecified atom stereocenters. The normalized spacial score (nSPS) is 12.2. The van der Waals surface area contributed by atoms with Crippen LogP contribution >= 0.6 is 11.6 Å². The second kappa shape index (κ2) is 4.22. The molecule has 0 aliphatic rings. The monoisotopic (exact) mass is 198 g/mol. The molecule has 1 aromatic rings. The maximum absolute atomic E-state index is 12.7. The van der Waals surface area contributed by atoms with Crippen LogP contribution < -0.4 is 5.73 Å². The summed E-state index contributed by atoms with van der Waals surface area (Å²) in [7, 11) is 0. The summed E-state index contributed by atoms with van der Waals surface area (Å²) in [4.78, 5) is 0. The Morgan fingerprint density at radius 1 is 1.62 bits per heavy atom. The summed E-state index contributed by atoms with van der Waals surface area (Å²) in [6.45, 7) is 0. The highest BCUT2D eigenvalue weighted by atomic mass is 35.5. The van der Waals surface area contributed by atoms with E-state index in [9.17, 15) is 4.39 Å². The Balaban J connectivity index is 2.91. The van der Waals surface area contributed by atoms with Gasteiger partial charge in [-0.25, -0.2) is 4.39 Å². The number of benzene rings is 1. The first kappa shape index (κ1) is 9.97. The topological polar surface area (TPSA) is 49.8 Å². The van der Waals surface area contributed by atoms with Crippen molar-refractivity contribution in [2.24, 2.45) is 5.73 Å². The number of nitriles is 1. The number of halogens is 2. The van der Waals surface area contributed by atoms with Crippen molar-refractivity contribution >= 4 is 11.6 Å². The first-order valence-electron chi connectivity index (χ1n) is 3.72. The predicted molar refractivity (Wildman–Crippen MR) is 48.6 cm³/mol. The average molecular weight is 199 g/mol. The maximum Gasteiger partial charge on any atom is 0.141 e. The number of hydrogen-bond acceptors (Lipinski definition) is 2. The summed E-state index contributed by atoms with van der Waals surface area (Å²) in [5, 5.41) is 8.42. The van der Waals surface area contributed by atoms with Gasteiger partial charge in [0.2, 0.25) is 0 Å². The lowest BCUT2D eigenvalue weighted by Crippen LogP contribution is -2.09. The van der Waals surface area contributed by atoms with Crippen LogP contribution in [0, 0.1) is 17.1 Å². The summed E-state index contributed by atoms with van der Waals surface area (Å²) in [5.41, 5.74) is 6.29. The Labute approximate surface area is 80.7 Å². The van der Waals surface area contributed by atoms with Crippen LogP contribution in [0.5, 0.6) is 0 Å². The van der Waals surface area contributed by atoms with Crippen molar-refractivity contribution in [3.63, 3.8) is 0 Å². The van der Waals surface area contributed by atoms with E-state index in [4.69, 9.17) is 22.6 Å². The maximum atomic E-state index is 12.7. The van der Waals surface area contributed by atoms with Gasteiger partial charge >= 0.3 is 0 Å². The minimum absolute atomic E-state index is 0.0332. The van der Waals surface area contributed by atoms with E-state index in [0.29, 0.717) is 5.56 Å². The minimum Gasteiger partial charge on any atom is -0.323 e. The minimum atomic E-state index is -0.477. The van der Waals surface area contributed by atoms with Gasteiger partial charge in [0, 0.05) is 6.04 Å². The largest absolute Gasteiger partial charge is 0.323 e. The molecule has 0 radical (unpaired) electrons. The average Bonchev–Trinajstić information content (AvgIpc) is 2.10. The van der Waals surface area contributed by atoms with Crippen LogP contribution in [0.25, 0.3) is 0 Å². The van der Waals surface area contributed by atoms with Crippen LogP contribution in [0.3, 0.4) is 0 Å². The molecule has 13 heavy (non-hydrogen) atoms. The number of nitrogens with two attached hydrogens (primary N) is 1. The second-order valence-corrected chi connectivity index (χ2v) is 3.05. The molecule has 0 amide bonds. The smallest absolute Gasteiger partial charge is 0.141 e. The van der Waals surface area contributed by atoms with Gasteiger partial charge in [-0.15, -0.1) is 0 Å². The fourth-order valence-corrected chi connectivity index (χ4v) is 1.15. The van der Waals surface area contributed by atoms with Crippen LogP contribution in [0.2, 0.25) is 5.02 Å². The quantitative estimate of drug-likeness (QED) is 0.793. The van der Waals surface area contributed by atoms with E-state index in [0.717, 1.165) is 0 Å². The molecule has 0 aliphatic carbocycles. The number of rotatable bonds is 2. The molecular weight excluding hydrogens is 191 g/mol. The third-order valence-electron chi connectivity index (χ3n) is 1.68. The summed E-state index contributed by atoms with van der Waals surface area (Å²) in [5.74, 6) is -0.477. The fourth-order valence-electron chi connectivity index (χ4n) is 0.959. The second-order valence-electron chi connectivity index (χ2n) is 2.64. The van der Waals surface area contributed by atoms with Crippen molar-refractivity contribution < 1.29 is 4.39 Å². The first-order chi connectivity index (χ1) is 6.15. The van der Waals surface area contributed by atoms with Crippen molar-refractivity contribution in [2.75, 3.05) is 0 Å². The lowest BCUT2D eigenvalue weighted by atomic mass is 10.1. The zero-order chi connectivity index (χ0) is 9.84. The molecule has 0 aliphatic heterocycles. The highest BCUT2D eigenvalue weighted by molar-refractivity contribution is 6.30. The molecular formula is C9H8ClFN2. The van der Waals surface area contributed by atoms with Crippen LogP contribution in [0.1, 0.15) is 18.0 Å². The molecule has 1 atom stereocenters. The van der Waals surface area contributed by atoms with E-state index >= 15 is 0 Å². The van der Waals surface area contributed by atoms with Gasteiger partial charge in [-0.2, -0.15) is 5.26 Å². The van der Waals surface area contributed by atoms with Crippen molar-refractivity contribution in [1.82, 2.24) is 0 Å². The van der Waals surface area contributed by atoms with Gasteiger partial charge in [-0.1, -0.05) is 17.7 Å². The van der Waals surface area contributed by atoms with Crippen LogP contribution in [-0.4, -0.2) is 0 Å². The third kappa shape index (κ3) is 2.41. The standard InChI is InChI=1S/C9H8ClFN2/c10-7-5-6(1-2-8(7)11)9(13)3-4-12/h1-2,5,9H,3,13H2/t9-/m0/s1. The van der Waals surface area contributed by atoms with E-state index in [2.05, 4.69) is 0 Å². The van der Waals surface area contributed by atoms with Crippen LogP contribution in [0.4, 0.5) is 4.39 Å². The molecule has 0 spiro atoms. The molecule has 4 heteroatoms. The Morgan fingerprint density at radius 3 is 2.85 bits per heavy atom. The summed E-state index contributed by atoms with van der Waals surface area (Å²) in [6.07, 6.45) is 0.196. The Morgan fingerprint density at radius 2 is 2.31 bits per heavy atom. The van der Waals surface area contributed by atoms with Gasteiger partial charge in [0.05, 0.1) is 17.5 Å². The number of nitrogens with zero attached hydrogens (tertiary/aromatic N) is 1. The Bertz CT molecular complexity index is 346. The number of hydrogen-bond donors (Lipinski definition) is 1. The summed E-state index contributed by atoms with van der Waals surface area (Å²) < 4.78 is 12.7. The highest BCUT2D eigenvalue weighted by Gasteiger charge is 2.07. The fraction of sp³-hybridized carbons (Fsp3) is 0.222. The molecule has 2 N–H and O–H groups in total. The summed E-state index contributed by atoms with van der Waals surface area (Å²) >= 11 is 5.54. The van der Waals surface area contributed by atoms with E-state index in [1.54, 1.807) is 0 Å². The molecule has 1 rings (SSSR count). The van der Waals surface area contributed by atoms with E-state index in [1.807, 2.05) is 6.07 Å². The lowest BCUT2D eigenvalue weighted by Gasteiger charge is -2.07. The van der Waals surface area contributed by atoms with E-state index in [-0.39, 0.29) is 11.4 Å². The zero-order valence-electron chi connectivity index (χ0n) is 6.80. The van der Waals surface area contributed by atoms with E-state index in [1.165, 1.54) is 18.2 Å². The summed E-state index contributed by atoms with van der Waals surface area (Å²) in [6, 6.07) is 5.76. The Kier molecular flexibility index (Phi) is 3.24. The SMILES string of the molecule is N#CC[C@H](N)c1ccc(F)c(Cl)c1. The van der Waals surface area contributed by atoms with Gasteiger partial charge in [0.15, 0.2) is 0 Å². The van der Waals surface area contributed by atoms with Gasteiger partial charge in [-0.05, 0) is 17.7 Å². The van der Waals surface area contributed by atoms with Gasteiger partial charge in [0.1, 0.15) is 5.82 Å². The third-order valence-corrected chi connectivity index (χ3v) is 1.97. The van der Waals surface area contributed by atoms with Crippen LogP contribution in [0.15, 0.2) is 18.2 Å². The molecule has 0 saturated carbocycles. The molecule has 0 heterocycles. The van der Waals surface area contributed by atoms with Crippen molar-refractivity contribution in [3.05, 3.63) is 34.6 Å². The van der Waals surface area contributed by atoms with Crippen molar-refractivity contribution in [1.29, 1.82) is 5.26 Å². The molecule has 68 valence electrons. The predicted octanol–water partition coefficient (Wildman–Crippen LogP) is 2.39. The van der Waals surface area contributed by atoms with Crippen molar-refractivity contribution in [3.8, 4) is 6.07 Å². The zero-order valence-corrected chi connectivity index (χ0v) is 7.55. The highest BCUT2D eigenvalue weighted by Crippen LogP contribution is 2.20.